The highest BCUT2D eigenvalue weighted by Gasteiger charge is 2.36. The van der Waals surface area contributed by atoms with E-state index >= 15 is 0 Å². The van der Waals surface area contributed by atoms with E-state index in [1.165, 1.54) is 18.7 Å². The van der Waals surface area contributed by atoms with Crippen LogP contribution in [0.15, 0.2) is 12.3 Å². The minimum absolute atomic E-state index is 0.0346. The smallest absolute Gasteiger partial charge is 0.152 e. The summed E-state index contributed by atoms with van der Waals surface area (Å²) >= 11 is 5.95. The maximum atomic E-state index is 13.9. The monoisotopic (exact) mass is 296 g/mol. The average molecular weight is 297 g/mol. The van der Waals surface area contributed by atoms with Crippen LogP contribution < -0.4 is 0 Å². The summed E-state index contributed by atoms with van der Waals surface area (Å²) in [5, 5.41) is 17.8. The lowest BCUT2D eigenvalue weighted by molar-refractivity contribution is 0.00905. The molecule has 0 amide bonds. The van der Waals surface area contributed by atoms with Crippen LogP contribution in [0.25, 0.3) is 10.9 Å². The first-order valence-corrected chi connectivity index (χ1v) is 7.40. The van der Waals surface area contributed by atoms with Crippen molar-refractivity contribution in [1.29, 1.82) is 0 Å². The second-order valence-electron chi connectivity index (χ2n) is 6.04. The van der Waals surface area contributed by atoms with Gasteiger partial charge in [-0.05, 0) is 24.3 Å². The van der Waals surface area contributed by atoms with Crippen molar-refractivity contribution in [3.05, 3.63) is 28.7 Å². The summed E-state index contributed by atoms with van der Waals surface area (Å²) in [7, 11) is 0. The molecule has 2 N–H and O–H groups in total. The van der Waals surface area contributed by atoms with Gasteiger partial charge >= 0.3 is 0 Å². The third kappa shape index (κ3) is 2.11. The molecular weight excluding hydrogens is 279 g/mol. The zero-order chi connectivity index (χ0) is 14.3. The molecule has 20 heavy (non-hydrogen) atoms. The molecule has 3 rings (SSSR count). The highest BCUT2D eigenvalue weighted by atomic mass is 35.5. The Morgan fingerprint density at radius 2 is 2.10 bits per heavy atom. The molecule has 5 heteroatoms. The average Bonchev–Trinajstić information content (AvgIpc) is 2.92. The van der Waals surface area contributed by atoms with Crippen molar-refractivity contribution < 1.29 is 9.50 Å². The lowest BCUT2D eigenvalue weighted by Crippen LogP contribution is -2.28. The zero-order valence-electron chi connectivity index (χ0n) is 11.4. The molecule has 3 nitrogen and oxygen atoms in total. The Balaban J connectivity index is 2.09. The van der Waals surface area contributed by atoms with Crippen molar-refractivity contribution in [1.82, 2.24) is 10.2 Å². The van der Waals surface area contributed by atoms with Crippen LogP contribution in [0.2, 0.25) is 5.02 Å². The van der Waals surface area contributed by atoms with E-state index in [2.05, 4.69) is 17.1 Å². The van der Waals surface area contributed by atoms with Crippen molar-refractivity contribution in [2.75, 3.05) is 0 Å². The van der Waals surface area contributed by atoms with Crippen LogP contribution in [0.3, 0.4) is 0 Å². The van der Waals surface area contributed by atoms with Crippen LogP contribution >= 0.6 is 11.6 Å². The fourth-order valence-electron chi connectivity index (χ4n) is 3.30. The predicted octanol–water partition coefficient (Wildman–Crippen LogP) is 4.36. The Kier molecular flexibility index (Phi) is 3.46. The van der Waals surface area contributed by atoms with Crippen molar-refractivity contribution in [2.45, 2.75) is 45.1 Å². The molecule has 1 heterocycles. The number of benzene rings is 1. The van der Waals surface area contributed by atoms with Crippen molar-refractivity contribution in [2.24, 2.45) is 5.41 Å². The fraction of sp³-hybridized carbons (Fsp3) is 0.533. The van der Waals surface area contributed by atoms with Gasteiger partial charge in [-0.25, -0.2) is 4.39 Å². The maximum absolute atomic E-state index is 13.9. The topological polar surface area (TPSA) is 48.9 Å². The molecular formula is C15H18ClFN2O. The highest BCUT2D eigenvalue weighted by molar-refractivity contribution is 6.31. The van der Waals surface area contributed by atoms with E-state index in [0.717, 1.165) is 25.7 Å². The lowest BCUT2D eigenvalue weighted by Gasteiger charge is -2.38. The molecule has 108 valence electrons. The first-order chi connectivity index (χ1) is 9.53. The number of halogens is 2. The minimum Gasteiger partial charge on any atom is -0.388 e. The second kappa shape index (κ2) is 5.01. The summed E-state index contributed by atoms with van der Waals surface area (Å²) in [4.78, 5) is 0. The van der Waals surface area contributed by atoms with Crippen molar-refractivity contribution in [3.8, 4) is 0 Å². The number of aliphatic hydroxyl groups is 1. The SMILES string of the molecule is CC1(C(O)c2cc(Cl)c(F)c3cn[nH]c23)CCCCC1. The van der Waals surface area contributed by atoms with E-state index in [1.54, 1.807) is 0 Å². The maximum Gasteiger partial charge on any atom is 0.152 e. The number of hydrogen-bond donors (Lipinski definition) is 2. The summed E-state index contributed by atoms with van der Waals surface area (Å²) in [5.74, 6) is -0.486. The minimum atomic E-state index is -0.663. The molecule has 1 atom stereocenters. The van der Waals surface area contributed by atoms with Gasteiger partial charge in [-0.15, -0.1) is 0 Å². The summed E-state index contributed by atoms with van der Waals surface area (Å²) in [5.41, 5.74) is 1.01. The predicted molar refractivity (Wildman–Crippen MR) is 77.2 cm³/mol. The molecule has 0 bridgehead atoms. The van der Waals surface area contributed by atoms with Gasteiger partial charge in [0.25, 0.3) is 0 Å². The summed E-state index contributed by atoms with van der Waals surface area (Å²) in [6.45, 7) is 2.09. The number of rotatable bonds is 2. The van der Waals surface area contributed by atoms with Crippen molar-refractivity contribution in [3.63, 3.8) is 0 Å². The third-order valence-electron chi connectivity index (χ3n) is 4.61. The molecule has 0 saturated heterocycles. The Hall–Kier alpha value is -1.13. The normalized spacial score (nSPS) is 20.2. The van der Waals surface area contributed by atoms with Crippen LogP contribution in [0, 0.1) is 11.2 Å². The molecule has 2 aromatic rings. The first kappa shape index (κ1) is 13.8. The molecule has 0 aliphatic heterocycles. The highest BCUT2D eigenvalue weighted by Crippen LogP contribution is 2.47. The molecule has 1 aliphatic carbocycles. The van der Waals surface area contributed by atoms with E-state index in [9.17, 15) is 9.50 Å². The third-order valence-corrected chi connectivity index (χ3v) is 4.88. The number of hydrogen-bond acceptors (Lipinski definition) is 2. The van der Waals surface area contributed by atoms with Crippen LogP contribution in [0.1, 0.15) is 50.7 Å². The molecule has 1 aliphatic rings. The number of fused-ring (bicyclic) bond motifs is 1. The number of nitrogens with one attached hydrogen (secondary N) is 1. The van der Waals surface area contributed by atoms with E-state index in [-0.39, 0.29) is 10.4 Å². The largest absolute Gasteiger partial charge is 0.388 e. The Labute approximate surface area is 122 Å². The molecule has 1 aromatic carbocycles. The number of H-pyrrole nitrogens is 1. The Morgan fingerprint density at radius 3 is 2.80 bits per heavy atom. The molecule has 0 spiro atoms. The van der Waals surface area contributed by atoms with E-state index < -0.39 is 11.9 Å². The van der Waals surface area contributed by atoms with Gasteiger partial charge in [0.1, 0.15) is 0 Å². The molecule has 1 unspecified atom stereocenters. The number of aliphatic hydroxyl groups excluding tert-OH is 1. The quantitative estimate of drug-likeness (QED) is 0.865. The number of aromatic amines is 1. The molecule has 1 fully saturated rings. The Bertz CT molecular complexity index is 634. The number of nitrogens with zero attached hydrogens (tertiary/aromatic N) is 1. The van der Waals surface area contributed by atoms with E-state index in [4.69, 9.17) is 11.6 Å². The van der Waals surface area contributed by atoms with Crippen LogP contribution in [-0.2, 0) is 0 Å². The van der Waals surface area contributed by atoms with Gasteiger partial charge in [-0.2, -0.15) is 5.10 Å². The van der Waals surface area contributed by atoms with Gasteiger partial charge in [0, 0.05) is 5.56 Å². The van der Waals surface area contributed by atoms with E-state index in [0.29, 0.717) is 16.5 Å². The van der Waals surface area contributed by atoms with Crippen LogP contribution in [0.4, 0.5) is 4.39 Å². The summed E-state index contributed by atoms with van der Waals surface area (Å²) in [6.07, 6.45) is 6.15. The van der Waals surface area contributed by atoms with Crippen molar-refractivity contribution >= 4 is 22.5 Å². The number of aromatic nitrogens is 2. The lowest BCUT2D eigenvalue weighted by atomic mass is 9.70. The van der Waals surface area contributed by atoms with Gasteiger partial charge in [-0.3, -0.25) is 5.10 Å². The zero-order valence-corrected chi connectivity index (χ0v) is 12.2. The van der Waals surface area contributed by atoms with E-state index in [1.807, 2.05) is 0 Å². The van der Waals surface area contributed by atoms with Gasteiger partial charge in [0.2, 0.25) is 0 Å². The first-order valence-electron chi connectivity index (χ1n) is 7.02. The fourth-order valence-corrected chi connectivity index (χ4v) is 3.52. The van der Waals surface area contributed by atoms with Gasteiger partial charge in [-0.1, -0.05) is 37.8 Å². The molecule has 1 aromatic heterocycles. The van der Waals surface area contributed by atoms with Gasteiger partial charge in [0.05, 0.1) is 28.2 Å². The van der Waals surface area contributed by atoms with Crippen LogP contribution in [0.5, 0.6) is 0 Å². The van der Waals surface area contributed by atoms with Crippen LogP contribution in [-0.4, -0.2) is 15.3 Å². The standard InChI is InChI=1S/C15H18ClFN2O/c1-15(5-3-2-4-6-15)14(20)9-7-11(16)12(17)10-8-18-19-13(9)10/h7-8,14,20H,2-6H2,1H3,(H,18,19). The molecule has 1 saturated carbocycles. The summed E-state index contributed by atoms with van der Waals surface area (Å²) < 4.78 is 13.9. The van der Waals surface area contributed by atoms with Gasteiger partial charge in [0.15, 0.2) is 5.82 Å². The summed E-state index contributed by atoms with van der Waals surface area (Å²) in [6, 6.07) is 1.53. The van der Waals surface area contributed by atoms with Gasteiger partial charge < -0.3 is 5.11 Å². The molecule has 0 radical (unpaired) electrons. The Morgan fingerprint density at radius 1 is 1.40 bits per heavy atom. The second-order valence-corrected chi connectivity index (χ2v) is 6.44.